The molecule has 3 heteroatoms. The fraction of sp³-hybridized carbons (Fsp3) is 0.611. The Balaban J connectivity index is 2.82. The summed E-state index contributed by atoms with van der Waals surface area (Å²) >= 11 is 0. The van der Waals surface area contributed by atoms with Crippen molar-refractivity contribution in [3.05, 3.63) is 29.3 Å². The molecule has 0 fully saturated rings. The van der Waals surface area contributed by atoms with Crippen LogP contribution >= 0.6 is 0 Å². The zero-order valence-electron chi connectivity index (χ0n) is 13.8. The monoisotopic (exact) mass is 290 g/mol. The van der Waals surface area contributed by atoms with Crippen molar-refractivity contribution >= 4 is 11.6 Å². The van der Waals surface area contributed by atoms with Gasteiger partial charge in [-0.1, -0.05) is 51.7 Å². The lowest BCUT2D eigenvalue weighted by atomic mass is 10.0. The number of carbonyl (C=O) groups excluding carboxylic acids is 1. The summed E-state index contributed by atoms with van der Waals surface area (Å²) in [7, 11) is 0. The standard InChI is InChI=1S/C18H30N2O/c1-4-6-8-13-20(14-9-7-5-2)18(21)17-15(3)11-10-12-16(17)19/h10-12H,4-9,13-14,19H2,1-3H3. The largest absolute Gasteiger partial charge is 0.398 e. The maximum atomic E-state index is 12.8. The van der Waals surface area contributed by atoms with E-state index in [9.17, 15) is 4.79 Å². The van der Waals surface area contributed by atoms with E-state index in [-0.39, 0.29) is 5.91 Å². The number of nitrogens with zero attached hydrogens (tertiary/aromatic N) is 1. The number of amides is 1. The minimum atomic E-state index is 0.0952. The third-order valence-corrected chi connectivity index (χ3v) is 3.87. The molecule has 0 saturated carbocycles. The maximum Gasteiger partial charge on any atom is 0.256 e. The van der Waals surface area contributed by atoms with Crippen LogP contribution in [0.4, 0.5) is 5.69 Å². The smallest absolute Gasteiger partial charge is 0.256 e. The van der Waals surface area contributed by atoms with Crippen molar-refractivity contribution < 1.29 is 4.79 Å². The van der Waals surface area contributed by atoms with Crippen molar-refractivity contribution in [3.63, 3.8) is 0 Å². The van der Waals surface area contributed by atoms with Crippen LogP contribution in [0.2, 0.25) is 0 Å². The van der Waals surface area contributed by atoms with E-state index in [0.29, 0.717) is 11.3 Å². The van der Waals surface area contributed by atoms with Gasteiger partial charge < -0.3 is 10.6 Å². The molecule has 0 radical (unpaired) electrons. The topological polar surface area (TPSA) is 46.3 Å². The zero-order chi connectivity index (χ0) is 15.7. The number of hydrogen-bond acceptors (Lipinski definition) is 2. The van der Waals surface area contributed by atoms with Crippen LogP contribution in [0, 0.1) is 6.92 Å². The molecule has 3 nitrogen and oxygen atoms in total. The molecule has 0 spiro atoms. The first-order valence-electron chi connectivity index (χ1n) is 8.26. The van der Waals surface area contributed by atoms with Gasteiger partial charge >= 0.3 is 0 Å². The lowest BCUT2D eigenvalue weighted by Crippen LogP contribution is -2.34. The molecule has 0 bridgehead atoms. The summed E-state index contributed by atoms with van der Waals surface area (Å²) in [6.45, 7) is 8.00. The van der Waals surface area contributed by atoms with E-state index < -0.39 is 0 Å². The molecule has 0 unspecified atom stereocenters. The van der Waals surface area contributed by atoms with Gasteiger partial charge in [-0.15, -0.1) is 0 Å². The number of nitrogens with two attached hydrogens (primary N) is 1. The lowest BCUT2D eigenvalue weighted by molar-refractivity contribution is 0.0750. The van der Waals surface area contributed by atoms with Crippen LogP contribution in [0.1, 0.15) is 68.3 Å². The Morgan fingerprint density at radius 1 is 1.05 bits per heavy atom. The Morgan fingerprint density at radius 3 is 2.10 bits per heavy atom. The molecule has 0 aliphatic rings. The highest BCUT2D eigenvalue weighted by Gasteiger charge is 2.19. The number of unbranched alkanes of at least 4 members (excludes halogenated alkanes) is 4. The van der Waals surface area contributed by atoms with Crippen molar-refractivity contribution in [2.75, 3.05) is 18.8 Å². The Hall–Kier alpha value is -1.51. The molecule has 118 valence electrons. The quantitative estimate of drug-likeness (QED) is 0.541. The number of aryl methyl sites for hydroxylation is 1. The normalized spacial score (nSPS) is 10.6. The fourth-order valence-electron chi connectivity index (χ4n) is 2.56. The van der Waals surface area contributed by atoms with Gasteiger partial charge in [0.15, 0.2) is 0 Å². The van der Waals surface area contributed by atoms with Gasteiger partial charge in [0.1, 0.15) is 0 Å². The van der Waals surface area contributed by atoms with Crippen molar-refractivity contribution in [2.45, 2.75) is 59.3 Å². The van der Waals surface area contributed by atoms with E-state index in [1.807, 2.05) is 30.0 Å². The van der Waals surface area contributed by atoms with Crippen molar-refractivity contribution in [1.82, 2.24) is 4.90 Å². The molecule has 0 aliphatic heterocycles. The van der Waals surface area contributed by atoms with E-state index in [1.165, 1.54) is 25.7 Å². The average molecular weight is 290 g/mol. The van der Waals surface area contributed by atoms with Crippen LogP contribution < -0.4 is 5.73 Å². The molecule has 0 saturated heterocycles. The van der Waals surface area contributed by atoms with Crippen molar-refractivity contribution in [1.29, 1.82) is 0 Å². The van der Waals surface area contributed by atoms with Crippen LogP contribution in [-0.2, 0) is 0 Å². The highest BCUT2D eigenvalue weighted by Crippen LogP contribution is 2.19. The Labute approximate surface area is 129 Å². The third kappa shape index (κ3) is 5.41. The predicted molar refractivity (Wildman–Crippen MR) is 90.5 cm³/mol. The van der Waals surface area contributed by atoms with Gasteiger partial charge in [0.2, 0.25) is 0 Å². The molecule has 2 N–H and O–H groups in total. The number of rotatable bonds is 9. The first-order chi connectivity index (χ1) is 10.1. The predicted octanol–water partition coefficient (Wildman–Crippen LogP) is 4.40. The molecule has 1 aromatic carbocycles. The van der Waals surface area contributed by atoms with Gasteiger partial charge in [0, 0.05) is 18.8 Å². The summed E-state index contributed by atoms with van der Waals surface area (Å²) < 4.78 is 0. The van der Waals surface area contributed by atoms with Crippen LogP contribution in [-0.4, -0.2) is 23.9 Å². The van der Waals surface area contributed by atoms with E-state index in [0.717, 1.165) is 31.5 Å². The lowest BCUT2D eigenvalue weighted by Gasteiger charge is -2.24. The van der Waals surface area contributed by atoms with Crippen molar-refractivity contribution in [3.8, 4) is 0 Å². The second-order valence-corrected chi connectivity index (χ2v) is 5.75. The maximum absolute atomic E-state index is 12.8. The number of carbonyl (C=O) groups is 1. The summed E-state index contributed by atoms with van der Waals surface area (Å²) in [5, 5.41) is 0. The number of benzene rings is 1. The summed E-state index contributed by atoms with van der Waals surface area (Å²) in [5.74, 6) is 0.0952. The SMILES string of the molecule is CCCCCN(CCCCC)C(=O)c1c(C)cccc1N. The van der Waals surface area contributed by atoms with E-state index in [2.05, 4.69) is 13.8 Å². The highest BCUT2D eigenvalue weighted by molar-refractivity contribution is 6.00. The second kappa shape index (κ2) is 9.43. The van der Waals surface area contributed by atoms with Crippen LogP contribution in [0.15, 0.2) is 18.2 Å². The van der Waals surface area contributed by atoms with Gasteiger partial charge in [-0.05, 0) is 31.4 Å². The Morgan fingerprint density at radius 2 is 1.62 bits per heavy atom. The van der Waals surface area contributed by atoms with Crippen LogP contribution in [0.25, 0.3) is 0 Å². The molecule has 1 amide bonds. The first kappa shape index (κ1) is 17.5. The van der Waals surface area contributed by atoms with Crippen LogP contribution in [0.3, 0.4) is 0 Å². The molecule has 21 heavy (non-hydrogen) atoms. The minimum absolute atomic E-state index is 0.0952. The molecule has 0 aromatic heterocycles. The first-order valence-corrected chi connectivity index (χ1v) is 8.26. The summed E-state index contributed by atoms with van der Waals surface area (Å²) in [5.41, 5.74) is 8.27. The van der Waals surface area contributed by atoms with Gasteiger partial charge in [0.05, 0.1) is 5.56 Å². The summed E-state index contributed by atoms with van der Waals surface area (Å²) in [6.07, 6.45) is 6.81. The summed E-state index contributed by atoms with van der Waals surface area (Å²) in [6, 6.07) is 5.68. The van der Waals surface area contributed by atoms with Gasteiger partial charge in [0.25, 0.3) is 5.91 Å². The van der Waals surface area contributed by atoms with Crippen molar-refractivity contribution in [2.24, 2.45) is 0 Å². The van der Waals surface area contributed by atoms with Gasteiger partial charge in [-0.2, -0.15) is 0 Å². The molecule has 1 aromatic rings. The van der Waals surface area contributed by atoms with Gasteiger partial charge in [-0.25, -0.2) is 0 Å². The Kier molecular flexibility index (Phi) is 7.88. The molecular weight excluding hydrogens is 260 g/mol. The number of nitrogen functional groups attached to an aromatic ring is 1. The van der Waals surface area contributed by atoms with E-state index in [4.69, 9.17) is 5.73 Å². The van der Waals surface area contributed by atoms with Crippen LogP contribution in [0.5, 0.6) is 0 Å². The van der Waals surface area contributed by atoms with Gasteiger partial charge in [-0.3, -0.25) is 4.79 Å². The zero-order valence-corrected chi connectivity index (χ0v) is 13.8. The fourth-order valence-corrected chi connectivity index (χ4v) is 2.56. The molecule has 0 atom stereocenters. The second-order valence-electron chi connectivity index (χ2n) is 5.75. The summed E-state index contributed by atoms with van der Waals surface area (Å²) in [4.78, 5) is 14.8. The number of hydrogen-bond donors (Lipinski definition) is 1. The minimum Gasteiger partial charge on any atom is -0.398 e. The molecular formula is C18H30N2O. The average Bonchev–Trinajstić information content (AvgIpc) is 2.45. The molecule has 0 aliphatic carbocycles. The van der Waals surface area contributed by atoms with E-state index in [1.54, 1.807) is 0 Å². The highest BCUT2D eigenvalue weighted by atomic mass is 16.2. The third-order valence-electron chi connectivity index (χ3n) is 3.87. The number of anilines is 1. The van der Waals surface area contributed by atoms with E-state index >= 15 is 0 Å². The molecule has 1 rings (SSSR count). The Bertz CT molecular complexity index is 413. The molecule has 0 heterocycles.